The molecule has 2 amide bonds. The zero-order chi connectivity index (χ0) is 21.3. The fraction of sp³-hybridized carbons (Fsp3) is 0.458. The van der Waals surface area contributed by atoms with E-state index < -0.39 is 6.04 Å². The third-order valence-corrected chi connectivity index (χ3v) is 5.70. The normalized spacial score (nSPS) is 15.3. The molecule has 30 heavy (non-hydrogen) atoms. The molecule has 6 nitrogen and oxygen atoms in total. The highest BCUT2D eigenvalue weighted by molar-refractivity contribution is 6.00. The van der Waals surface area contributed by atoms with E-state index in [0.29, 0.717) is 24.3 Å². The minimum absolute atomic E-state index is 0.127. The van der Waals surface area contributed by atoms with E-state index in [1.165, 1.54) is 6.42 Å². The number of aryl methyl sites for hydroxylation is 1. The second-order valence-corrected chi connectivity index (χ2v) is 7.92. The number of carbonyl (C=O) groups excluding carboxylic acids is 2. The number of carbonyl (C=O) groups is 2. The topological polar surface area (TPSA) is 80.3 Å². The summed E-state index contributed by atoms with van der Waals surface area (Å²) in [5.74, 6) is 0.258. The SMILES string of the molecule is COc1ccc(C)cc1C(=O)N[C@@H](C(=O)NCCc1ccccn1)C1CCCCC1. The van der Waals surface area contributed by atoms with Crippen molar-refractivity contribution in [2.45, 2.75) is 51.5 Å². The first kappa shape index (κ1) is 21.8. The van der Waals surface area contributed by atoms with Crippen molar-refractivity contribution >= 4 is 11.8 Å². The van der Waals surface area contributed by atoms with E-state index in [2.05, 4.69) is 15.6 Å². The third-order valence-electron chi connectivity index (χ3n) is 5.70. The lowest BCUT2D eigenvalue weighted by Gasteiger charge is -2.30. The molecule has 0 radical (unpaired) electrons. The Morgan fingerprint density at radius 2 is 1.97 bits per heavy atom. The molecular formula is C24H31N3O3. The minimum atomic E-state index is -0.549. The second-order valence-electron chi connectivity index (χ2n) is 7.92. The Kier molecular flexibility index (Phi) is 7.82. The third kappa shape index (κ3) is 5.81. The Hall–Kier alpha value is -2.89. The van der Waals surface area contributed by atoms with E-state index in [0.717, 1.165) is 36.9 Å². The van der Waals surface area contributed by atoms with Gasteiger partial charge >= 0.3 is 0 Å². The first-order valence-corrected chi connectivity index (χ1v) is 10.7. The zero-order valence-corrected chi connectivity index (χ0v) is 17.8. The molecule has 0 unspecified atom stereocenters. The maximum atomic E-state index is 13.0. The Balaban J connectivity index is 1.69. The fourth-order valence-electron chi connectivity index (χ4n) is 4.05. The van der Waals surface area contributed by atoms with Crippen LogP contribution in [0.5, 0.6) is 5.75 Å². The number of rotatable bonds is 8. The predicted molar refractivity (Wildman–Crippen MR) is 117 cm³/mol. The molecule has 1 fully saturated rings. The van der Waals surface area contributed by atoms with Crippen molar-refractivity contribution in [3.05, 3.63) is 59.4 Å². The Bertz CT molecular complexity index is 848. The van der Waals surface area contributed by atoms with E-state index in [1.807, 2.05) is 31.2 Å². The molecule has 1 saturated carbocycles. The van der Waals surface area contributed by atoms with Crippen LogP contribution in [0.1, 0.15) is 53.7 Å². The van der Waals surface area contributed by atoms with Crippen molar-refractivity contribution in [1.29, 1.82) is 0 Å². The molecule has 1 aliphatic rings. The van der Waals surface area contributed by atoms with Crippen LogP contribution in [0.2, 0.25) is 0 Å². The number of ether oxygens (including phenoxy) is 1. The van der Waals surface area contributed by atoms with Crippen molar-refractivity contribution in [1.82, 2.24) is 15.6 Å². The van der Waals surface area contributed by atoms with E-state index in [1.54, 1.807) is 25.4 Å². The van der Waals surface area contributed by atoms with Gasteiger partial charge in [0, 0.05) is 24.9 Å². The number of nitrogens with zero attached hydrogens (tertiary/aromatic N) is 1. The number of nitrogens with one attached hydrogen (secondary N) is 2. The fourth-order valence-corrected chi connectivity index (χ4v) is 4.05. The molecular weight excluding hydrogens is 378 g/mol. The van der Waals surface area contributed by atoms with Crippen LogP contribution in [0.3, 0.4) is 0 Å². The predicted octanol–water partition coefficient (Wildman–Crippen LogP) is 3.44. The summed E-state index contributed by atoms with van der Waals surface area (Å²) in [5.41, 5.74) is 2.36. The summed E-state index contributed by atoms with van der Waals surface area (Å²) < 4.78 is 5.35. The van der Waals surface area contributed by atoms with Gasteiger partial charge in [0.1, 0.15) is 11.8 Å². The quantitative estimate of drug-likeness (QED) is 0.700. The Labute approximate surface area is 178 Å². The average Bonchev–Trinajstić information content (AvgIpc) is 2.78. The van der Waals surface area contributed by atoms with Gasteiger partial charge in [-0.05, 0) is 49.9 Å². The highest BCUT2D eigenvalue weighted by Crippen LogP contribution is 2.27. The highest BCUT2D eigenvalue weighted by Gasteiger charge is 2.31. The van der Waals surface area contributed by atoms with Gasteiger partial charge in [-0.25, -0.2) is 0 Å². The first-order chi connectivity index (χ1) is 14.6. The summed E-state index contributed by atoms with van der Waals surface area (Å²) in [4.78, 5) is 30.4. The van der Waals surface area contributed by atoms with Crippen LogP contribution in [0.15, 0.2) is 42.6 Å². The lowest BCUT2D eigenvalue weighted by molar-refractivity contribution is -0.124. The lowest BCUT2D eigenvalue weighted by atomic mass is 9.83. The van der Waals surface area contributed by atoms with Gasteiger partial charge in [0.05, 0.1) is 12.7 Å². The van der Waals surface area contributed by atoms with E-state index in [-0.39, 0.29) is 17.7 Å². The van der Waals surface area contributed by atoms with E-state index in [4.69, 9.17) is 4.74 Å². The van der Waals surface area contributed by atoms with Crippen molar-refractivity contribution in [2.75, 3.05) is 13.7 Å². The van der Waals surface area contributed by atoms with Gasteiger partial charge in [-0.2, -0.15) is 0 Å². The van der Waals surface area contributed by atoms with Gasteiger partial charge < -0.3 is 15.4 Å². The number of aromatic nitrogens is 1. The standard InChI is InChI=1S/C24H31N3O3/c1-17-11-12-21(30-2)20(16-17)23(28)27-22(18-8-4-3-5-9-18)24(29)26-15-13-19-10-6-7-14-25-19/h6-7,10-12,14,16,18,22H,3-5,8-9,13,15H2,1-2H3,(H,26,29)(H,27,28)/t22-/m1/s1. The number of benzene rings is 1. The molecule has 1 heterocycles. The number of methoxy groups -OCH3 is 1. The van der Waals surface area contributed by atoms with Crippen LogP contribution >= 0.6 is 0 Å². The smallest absolute Gasteiger partial charge is 0.255 e. The van der Waals surface area contributed by atoms with Crippen LogP contribution in [-0.4, -0.2) is 36.5 Å². The molecule has 3 rings (SSSR count). The van der Waals surface area contributed by atoms with Crippen molar-refractivity contribution < 1.29 is 14.3 Å². The summed E-state index contributed by atoms with van der Waals surface area (Å²) in [6.07, 6.45) is 7.66. The Morgan fingerprint density at radius 3 is 2.67 bits per heavy atom. The Morgan fingerprint density at radius 1 is 1.17 bits per heavy atom. The summed E-state index contributed by atoms with van der Waals surface area (Å²) in [7, 11) is 1.55. The molecule has 1 aromatic heterocycles. The summed E-state index contributed by atoms with van der Waals surface area (Å²) in [6, 6.07) is 10.7. The zero-order valence-electron chi connectivity index (χ0n) is 17.8. The molecule has 0 aliphatic heterocycles. The molecule has 1 aromatic carbocycles. The van der Waals surface area contributed by atoms with Crippen LogP contribution < -0.4 is 15.4 Å². The summed E-state index contributed by atoms with van der Waals surface area (Å²) in [5, 5.41) is 6.01. The second kappa shape index (κ2) is 10.8. The lowest BCUT2D eigenvalue weighted by Crippen LogP contribution is -2.51. The van der Waals surface area contributed by atoms with Crippen molar-refractivity contribution in [2.24, 2.45) is 5.92 Å². The van der Waals surface area contributed by atoms with E-state index >= 15 is 0 Å². The van der Waals surface area contributed by atoms with Crippen LogP contribution in [0.25, 0.3) is 0 Å². The van der Waals surface area contributed by atoms with Gasteiger partial charge in [0.25, 0.3) is 5.91 Å². The molecule has 1 aliphatic carbocycles. The van der Waals surface area contributed by atoms with Gasteiger partial charge in [0.2, 0.25) is 5.91 Å². The summed E-state index contributed by atoms with van der Waals surface area (Å²) in [6.45, 7) is 2.42. The first-order valence-electron chi connectivity index (χ1n) is 10.7. The van der Waals surface area contributed by atoms with Crippen molar-refractivity contribution in [3.8, 4) is 5.75 Å². The molecule has 0 saturated heterocycles. The largest absolute Gasteiger partial charge is 0.496 e. The summed E-state index contributed by atoms with van der Waals surface area (Å²) >= 11 is 0. The van der Waals surface area contributed by atoms with Gasteiger partial charge in [-0.15, -0.1) is 0 Å². The van der Waals surface area contributed by atoms with Crippen molar-refractivity contribution in [3.63, 3.8) is 0 Å². The minimum Gasteiger partial charge on any atom is -0.496 e. The number of pyridine rings is 1. The molecule has 2 N–H and O–H groups in total. The average molecular weight is 410 g/mol. The molecule has 0 bridgehead atoms. The van der Waals surface area contributed by atoms with Crippen LogP contribution in [0.4, 0.5) is 0 Å². The highest BCUT2D eigenvalue weighted by atomic mass is 16.5. The monoisotopic (exact) mass is 409 g/mol. The van der Waals surface area contributed by atoms with Gasteiger partial charge in [0.15, 0.2) is 0 Å². The van der Waals surface area contributed by atoms with Gasteiger partial charge in [-0.3, -0.25) is 14.6 Å². The molecule has 2 aromatic rings. The molecule has 0 spiro atoms. The van der Waals surface area contributed by atoms with E-state index in [9.17, 15) is 9.59 Å². The maximum Gasteiger partial charge on any atom is 0.255 e. The molecule has 160 valence electrons. The van der Waals surface area contributed by atoms with Gasteiger partial charge in [-0.1, -0.05) is 37.0 Å². The van der Waals surface area contributed by atoms with Crippen LogP contribution in [0, 0.1) is 12.8 Å². The molecule has 1 atom stereocenters. The maximum absolute atomic E-state index is 13.0. The number of amides is 2. The number of hydrogen-bond acceptors (Lipinski definition) is 4. The van der Waals surface area contributed by atoms with Crippen LogP contribution in [-0.2, 0) is 11.2 Å². The number of hydrogen-bond donors (Lipinski definition) is 2. The molecule has 6 heteroatoms.